The van der Waals surface area contributed by atoms with Crippen molar-refractivity contribution in [3.8, 4) is 5.75 Å². The molecule has 2 heterocycles. The minimum atomic E-state index is -1.34. The number of fused-ring (bicyclic) bond motifs is 1. The zero-order chi connectivity index (χ0) is 21.5. The molecular formula is C22H23N3O5. The Morgan fingerprint density at radius 2 is 2.00 bits per heavy atom. The van der Waals surface area contributed by atoms with E-state index in [1.54, 1.807) is 12.1 Å². The normalized spacial score (nSPS) is 20.1. The lowest BCUT2D eigenvalue weighted by atomic mass is 9.73. The molecule has 0 aliphatic carbocycles. The Morgan fingerprint density at radius 3 is 2.77 bits per heavy atom. The second kappa shape index (κ2) is 7.37. The van der Waals surface area contributed by atoms with E-state index >= 15 is 0 Å². The Hall–Kier alpha value is -3.55. The number of carbonyl (C=O) groups is 3. The third kappa shape index (κ3) is 3.80. The van der Waals surface area contributed by atoms with Crippen molar-refractivity contribution >= 4 is 29.3 Å². The van der Waals surface area contributed by atoms with E-state index in [4.69, 9.17) is 9.84 Å². The van der Waals surface area contributed by atoms with Crippen molar-refractivity contribution in [2.75, 3.05) is 23.3 Å². The van der Waals surface area contributed by atoms with Crippen LogP contribution in [0.4, 0.5) is 16.2 Å². The average molecular weight is 409 g/mol. The molecule has 0 saturated carbocycles. The van der Waals surface area contributed by atoms with Crippen LogP contribution < -0.4 is 20.3 Å². The Bertz CT molecular complexity index is 1030. The quantitative estimate of drug-likeness (QED) is 0.531. The molecule has 0 bridgehead atoms. The first-order valence-corrected chi connectivity index (χ1v) is 9.70. The summed E-state index contributed by atoms with van der Waals surface area (Å²) in [5.74, 6) is -0.0236. The molecule has 2 aromatic rings. The maximum atomic E-state index is 12.3. The van der Waals surface area contributed by atoms with Gasteiger partial charge >= 0.3 is 6.16 Å². The molecule has 0 radical (unpaired) electrons. The van der Waals surface area contributed by atoms with Gasteiger partial charge in [0.05, 0.1) is 12.6 Å². The van der Waals surface area contributed by atoms with Gasteiger partial charge in [-0.05, 0) is 53.3 Å². The average Bonchev–Trinajstić information content (AvgIpc) is 2.68. The van der Waals surface area contributed by atoms with Crippen molar-refractivity contribution in [2.45, 2.75) is 26.3 Å². The summed E-state index contributed by atoms with van der Waals surface area (Å²) >= 11 is 0. The van der Waals surface area contributed by atoms with Gasteiger partial charge in [0.15, 0.2) is 0 Å². The molecule has 1 fully saturated rings. The summed E-state index contributed by atoms with van der Waals surface area (Å²) in [6.07, 6.45) is -0.625. The van der Waals surface area contributed by atoms with E-state index < -0.39 is 6.16 Å². The molecule has 3 N–H and O–H groups in total. The first kappa shape index (κ1) is 19.8. The van der Waals surface area contributed by atoms with E-state index in [0.717, 1.165) is 16.8 Å². The number of nitrogens with one attached hydrogen (secondary N) is 2. The summed E-state index contributed by atoms with van der Waals surface area (Å²) in [5, 5.41) is 15.0. The SMILES string of the molecule is CC1(C)Cc2cc(OC(=O)O)ccc2NC1c1cccc(N2CC(=O)NCC2=O)c1. The van der Waals surface area contributed by atoms with E-state index in [0.29, 0.717) is 17.9 Å². The van der Waals surface area contributed by atoms with Crippen LogP contribution in [0.2, 0.25) is 0 Å². The highest BCUT2D eigenvalue weighted by Crippen LogP contribution is 2.46. The van der Waals surface area contributed by atoms with Crippen molar-refractivity contribution in [3.05, 3.63) is 53.6 Å². The highest BCUT2D eigenvalue weighted by Gasteiger charge is 2.36. The van der Waals surface area contributed by atoms with Gasteiger partial charge < -0.3 is 25.4 Å². The molecule has 156 valence electrons. The topological polar surface area (TPSA) is 108 Å². The predicted octanol–water partition coefficient (Wildman–Crippen LogP) is 2.94. The van der Waals surface area contributed by atoms with Gasteiger partial charge in [-0.25, -0.2) is 4.79 Å². The smallest absolute Gasteiger partial charge is 0.449 e. The van der Waals surface area contributed by atoms with Crippen LogP contribution >= 0.6 is 0 Å². The second-order valence-electron chi connectivity index (χ2n) is 8.28. The van der Waals surface area contributed by atoms with Crippen LogP contribution in [0.5, 0.6) is 5.75 Å². The number of piperazine rings is 1. The van der Waals surface area contributed by atoms with Gasteiger partial charge in [-0.15, -0.1) is 0 Å². The molecule has 0 spiro atoms. The summed E-state index contributed by atoms with van der Waals surface area (Å²) in [7, 11) is 0. The Labute approximate surface area is 173 Å². The van der Waals surface area contributed by atoms with Crippen LogP contribution in [0.3, 0.4) is 0 Å². The molecular weight excluding hydrogens is 386 g/mol. The number of carboxylic acid groups (broad SMARTS) is 1. The number of rotatable bonds is 3. The monoisotopic (exact) mass is 409 g/mol. The number of nitrogens with zero attached hydrogens (tertiary/aromatic N) is 1. The van der Waals surface area contributed by atoms with Crippen LogP contribution in [-0.4, -0.2) is 36.2 Å². The van der Waals surface area contributed by atoms with Crippen LogP contribution in [-0.2, 0) is 16.0 Å². The minimum Gasteiger partial charge on any atom is -0.449 e. The van der Waals surface area contributed by atoms with Gasteiger partial charge in [0.1, 0.15) is 12.3 Å². The van der Waals surface area contributed by atoms with Crippen LogP contribution in [0, 0.1) is 5.41 Å². The van der Waals surface area contributed by atoms with Gasteiger partial charge in [0, 0.05) is 11.4 Å². The van der Waals surface area contributed by atoms with Crippen molar-refractivity contribution in [1.82, 2.24) is 5.32 Å². The third-order valence-electron chi connectivity index (χ3n) is 5.56. The van der Waals surface area contributed by atoms with Gasteiger partial charge in [-0.3, -0.25) is 9.59 Å². The van der Waals surface area contributed by atoms with E-state index in [9.17, 15) is 14.4 Å². The Balaban J connectivity index is 1.64. The number of hydrogen-bond acceptors (Lipinski definition) is 5. The molecule has 4 rings (SSSR count). The lowest BCUT2D eigenvalue weighted by Gasteiger charge is -2.41. The maximum Gasteiger partial charge on any atom is 0.511 e. The molecule has 2 aliphatic rings. The zero-order valence-electron chi connectivity index (χ0n) is 16.8. The van der Waals surface area contributed by atoms with Gasteiger partial charge in [0.2, 0.25) is 11.8 Å². The number of hydrogen-bond donors (Lipinski definition) is 3. The number of amides is 2. The molecule has 8 nitrogen and oxygen atoms in total. The highest BCUT2D eigenvalue weighted by molar-refractivity contribution is 6.04. The molecule has 2 aliphatic heterocycles. The molecule has 0 aromatic heterocycles. The van der Waals surface area contributed by atoms with Gasteiger partial charge in [0.25, 0.3) is 0 Å². The molecule has 2 amide bonds. The number of anilines is 2. The van der Waals surface area contributed by atoms with E-state index in [1.807, 2.05) is 30.3 Å². The van der Waals surface area contributed by atoms with E-state index in [1.165, 1.54) is 4.90 Å². The largest absolute Gasteiger partial charge is 0.511 e. The minimum absolute atomic E-state index is 0.00432. The Morgan fingerprint density at radius 1 is 1.20 bits per heavy atom. The Kier molecular flexibility index (Phi) is 4.85. The molecule has 1 saturated heterocycles. The molecule has 1 unspecified atom stereocenters. The molecule has 2 aromatic carbocycles. The molecule has 30 heavy (non-hydrogen) atoms. The lowest BCUT2D eigenvalue weighted by molar-refractivity contribution is -0.128. The first-order chi connectivity index (χ1) is 14.2. The van der Waals surface area contributed by atoms with Crippen molar-refractivity contribution in [2.24, 2.45) is 5.41 Å². The highest BCUT2D eigenvalue weighted by atomic mass is 16.7. The van der Waals surface area contributed by atoms with Crippen LogP contribution in [0.15, 0.2) is 42.5 Å². The number of ether oxygens (including phenoxy) is 1. The van der Waals surface area contributed by atoms with Crippen molar-refractivity contribution < 1.29 is 24.2 Å². The van der Waals surface area contributed by atoms with E-state index in [2.05, 4.69) is 24.5 Å². The number of benzene rings is 2. The summed E-state index contributed by atoms with van der Waals surface area (Å²) < 4.78 is 4.78. The van der Waals surface area contributed by atoms with E-state index in [-0.39, 0.29) is 36.4 Å². The summed E-state index contributed by atoms with van der Waals surface area (Å²) in [4.78, 5) is 36.3. The van der Waals surface area contributed by atoms with Crippen LogP contribution in [0.1, 0.15) is 31.0 Å². The van der Waals surface area contributed by atoms with Crippen molar-refractivity contribution in [3.63, 3.8) is 0 Å². The van der Waals surface area contributed by atoms with Crippen molar-refractivity contribution in [1.29, 1.82) is 0 Å². The van der Waals surface area contributed by atoms with Gasteiger partial charge in [-0.1, -0.05) is 26.0 Å². The lowest BCUT2D eigenvalue weighted by Crippen LogP contribution is -2.51. The predicted molar refractivity (Wildman–Crippen MR) is 111 cm³/mol. The fraction of sp³-hybridized carbons (Fsp3) is 0.318. The fourth-order valence-electron chi connectivity index (χ4n) is 4.16. The standard InChI is InChI=1S/C22H23N3O5/c1-22(2)10-14-9-16(30-21(28)29)6-7-17(14)24-20(22)13-4-3-5-15(8-13)25-12-18(26)23-11-19(25)27/h3-9,20,24H,10-12H2,1-2H3,(H,23,26)(H,28,29). The second-order valence-corrected chi connectivity index (χ2v) is 8.28. The summed E-state index contributed by atoms with van der Waals surface area (Å²) in [6, 6.07) is 12.8. The van der Waals surface area contributed by atoms with Gasteiger partial charge in [-0.2, -0.15) is 0 Å². The first-order valence-electron chi connectivity index (χ1n) is 9.70. The summed E-state index contributed by atoms with van der Waals surface area (Å²) in [5.41, 5.74) is 3.40. The number of carbonyl (C=O) groups excluding carboxylic acids is 2. The third-order valence-corrected chi connectivity index (χ3v) is 5.56. The van der Waals surface area contributed by atoms with Crippen LogP contribution in [0.25, 0.3) is 0 Å². The zero-order valence-corrected chi connectivity index (χ0v) is 16.8. The fourth-order valence-corrected chi connectivity index (χ4v) is 4.16. The summed E-state index contributed by atoms with van der Waals surface area (Å²) in [6.45, 7) is 4.28. The maximum absolute atomic E-state index is 12.3. The molecule has 8 heteroatoms. The molecule has 1 atom stereocenters.